The van der Waals surface area contributed by atoms with Crippen molar-refractivity contribution in [1.82, 2.24) is 0 Å². The molecule has 3 aromatic carbocycles. The predicted octanol–water partition coefficient (Wildman–Crippen LogP) is 4.98. The number of Topliss-reactive ketones (excluding diaryl/α,β-unsaturated/α-hetero) is 1. The van der Waals surface area contributed by atoms with Gasteiger partial charge < -0.3 is 25.2 Å². The molecule has 0 bridgehead atoms. The molecule has 0 amide bonds. The number of hydrogen-bond acceptors (Lipinski definition) is 6. The second kappa shape index (κ2) is 11.9. The third-order valence-electron chi connectivity index (χ3n) is 6.21. The number of carbonyl (C=O) groups is 1. The molecule has 34 heavy (non-hydrogen) atoms. The number of phenolic OH excluding ortho intramolecular Hbond substituents is 2. The Morgan fingerprint density at radius 3 is 2.53 bits per heavy atom. The summed E-state index contributed by atoms with van der Waals surface area (Å²) in [6.45, 7) is 2.15. The summed E-state index contributed by atoms with van der Waals surface area (Å²) in [6.07, 6.45) is 2.16. The summed E-state index contributed by atoms with van der Waals surface area (Å²) >= 11 is 0. The Bertz CT molecular complexity index is 1120. The fourth-order valence-corrected chi connectivity index (χ4v) is 4.48. The van der Waals surface area contributed by atoms with Crippen molar-refractivity contribution in [3.63, 3.8) is 0 Å². The average molecular weight is 467 g/mol. The van der Waals surface area contributed by atoms with Crippen LogP contribution in [0.15, 0.2) is 48.5 Å². The van der Waals surface area contributed by atoms with Crippen molar-refractivity contribution in [2.75, 3.05) is 13.7 Å². The fourth-order valence-electron chi connectivity index (χ4n) is 4.48. The maximum absolute atomic E-state index is 12.6. The molecule has 0 saturated heterocycles. The lowest BCUT2D eigenvalue weighted by atomic mass is 9.91. The van der Waals surface area contributed by atoms with E-state index in [1.165, 1.54) is 7.11 Å². The zero-order chi connectivity index (χ0) is 24.7. The molecule has 0 fully saturated rings. The van der Waals surface area contributed by atoms with Crippen LogP contribution in [0.1, 0.15) is 44.6 Å². The summed E-state index contributed by atoms with van der Waals surface area (Å²) in [5, 5.41) is 41.3. The van der Waals surface area contributed by atoms with E-state index in [0.717, 1.165) is 28.3 Å². The third kappa shape index (κ3) is 6.49. The second-order valence-electron chi connectivity index (χ2n) is 9.00. The topological polar surface area (TPSA) is 107 Å². The molecule has 3 rings (SSSR count). The van der Waals surface area contributed by atoms with Gasteiger partial charge in [-0.25, -0.2) is 0 Å². The van der Waals surface area contributed by atoms with Crippen LogP contribution in [0, 0.1) is 5.92 Å². The van der Waals surface area contributed by atoms with Gasteiger partial charge in [0.05, 0.1) is 13.2 Å². The zero-order valence-electron chi connectivity index (χ0n) is 19.8. The van der Waals surface area contributed by atoms with Crippen LogP contribution in [0.3, 0.4) is 0 Å². The smallest absolute Gasteiger partial charge is 0.168 e. The number of ether oxygens (including phenoxy) is 1. The molecule has 0 aromatic heterocycles. The normalized spacial score (nSPS) is 13.1. The number of aryl methyl sites for hydroxylation is 1. The molecule has 6 nitrogen and oxygen atoms in total. The highest BCUT2D eigenvalue weighted by Gasteiger charge is 2.19. The summed E-state index contributed by atoms with van der Waals surface area (Å²) < 4.78 is 5.51. The number of fused-ring (bicyclic) bond motifs is 1. The number of carbonyl (C=O) groups excluding carboxylic acids is 1. The molecule has 0 radical (unpaired) electrons. The number of ketones is 1. The SMILES string of the molecule is COc1c(O)ccc(CCC(=O)CC(O)CC(C)CCCO)c1-c1ccc2ccc(O)cc2c1. The third-order valence-corrected chi connectivity index (χ3v) is 6.21. The number of aliphatic hydroxyl groups is 2. The van der Waals surface area contributed by atoms with Crippen LogP contribution in [0.2, 0.25) is 0 Å². The van der Waals surface area contributed by atoms with Gasteiger partial charge in [-0.3, -0.25) is 4.79 Å². The Hall–Kier alpha value is -3.09. The van der Waals surface area contributed by atoms with Crippen LogP contribution in [0.4, 0.5) is 0 Å². The van der Waals surface area contributed by atoms with Gasteiger partial charge in [0.15, 0.2) is 11.5 Å². The van der Waals surface area contributed by atoms with Crippen molar-refractivity contribution in [2.45, 2.75) is 51.6 Å². The highest BCUT2D eigenvalue weighted by molar-refractivity contribution is 5.90. The first-order valence-electron chi connectivity index (χ1n) is 11.7. The molecule has 182 valence electrons. The minimum absolute atomic E-state index is 0.0101. The lowest BCUT2D eigenvalue weighted by Gasteiger charge is -2.17. The van der Waals surface area contributed by atoms with Gasteiger partial charge in [0.2, 0.25) is 0 Å². The minimum atomic E-state index is -0.691. The highest BCUT2D eigenvalue weighted by atomic mass is 16.5. The van der Waals surface area contributed by atoms with Gasteiger partial charge in [0, 0.05) is 25.0 Å². The standard InChI is InChI=1S/C28H34O6/c1-18(4-3-13-29)14-25(32)17-24(31)11-8-20-9-12-26(33)28(34-2)27(20)21-6-5-19-7-10-23(30)16-22(19)15-21/h5-7,9-10,12,15-16,18,25,29-30,32-33H,3-4,8,11,13-14,17H2,1-2H3. The van der Waals surface area contributed by atoms with Crippen LogP contribution in [-0.2, 0) is 11.2 Å². The van der Waals surface area contributed by atoms with Crippen molar-refractivity contribution in [2.24, 2.45) is 5.92 Å². The predicted molar refractivity (Wildman–Crippen MR) is 133 cm³/mol. The van der Waals surface area contributed by atoms with E-state index < -0.39 is 6.10 Å². The van der Waals surface area contributed by atoms with Crippen LogP contribution in [-0.4, -0.2) is 46.0 Å². The van der Waals surface area contributed by atoms with Crippen LogP contribution >= 0.6 is 0 Å². The first-order valence-corrected chi connectivity index (χ1v) is 11.7. The van der Waals surface area contributed by atoms with E-state index >= 15 is 0 Å². The van der Waals surface area contributed by atoms with E-state index in [-0.39, 0.29) is 42.6 Å². The van der Waals surface area contributed by atoms with E-state index in [2.05, 4.69) is 0 Å². The first-order chi connectivity index (χ1) is 16.3. The zero-order valence-corrected chi connectivity index (χ0v) is 19.8. The Kier molecular flexibility index (Phi) is 8.91. The first kappa shape index (κ1) is 25.5. The minimum Gasteiger partial charge on any atom is -0.508 e. The average Bonchev–Trinajstić information content (AvgIpc) is 2.81. The highest BCUT2D eigenvalue weighted by Crippen LogP contribution is 2.41. The van der Waals surface area contributed by atoms with E-state index in [1.54, 1.807) is 24.3 Å². The van der Waals surface area contributed by atoms with Gasteiger partial charge in [0.25, 0.3) is 0 Å². The molecule has 0 saturated carbocycles. The van der Waals surface area contributed by atoms with E-state index in [9.17, 15) is 20.1 Å². The van der Waals surface area contributed by atoms with Crippen LogP contribution in [0.5, 0.6) is 17.2 Å². The molecule has 3 aromatic rings. The number of benzene rings is 3. The largest absolute Gasteiger partial charge is 0.508 e. The summed E-state index contributed by atoms with van der Waals surface area (Å²) in [5.74, 6) is 0.735. The Morgan fingerprint density at radius 1 is 1.03 bits per heavy atom. The summed E-state index contributed by atoms with van der Waals surface area (Å²) in [6, 6.07) is 14.3. The van der Waals surface area contributed by atoms with Crippen molar-refractivity contribution < 1.29 is 30.0 Å². The molecule has 0 spiro atoms. The van der Waals surface area contributed by atoms with E-state index in [1.807, 2.05) is 31.2 Å². The molecule has 2 unspecified atom stereocenters. The lowest BCUT2D eigenvalue weighted by Crippen LogP contribution is -2.17. The van der Waals surface area contributed by atoms with Gasteiger partial charge in [-0.1, -0.05) is 31.2 Å². The van der Waals surface area contributed by atoms with E-state index in [0.29, 0.717) is 30.6 Å². The molecule has 0 aliphatic heterocycles. The fraction of sp³-hybridized carbons (Fsp3) is 0.393. The van der Waals surface area contributed by atoms with Crippen molar-refractivity contribution in [3.05, 3.63) is 54.1 Å². The number of aliphatic hydroxyl groups excluding tert-OH is 2. The molecule has 2 atom stereocenters. The van der Waals surface area contributed by atoms with Crippen molar-refractivity contribution in [3.8, 4) is 28.4 Å². The number of methoxy groups -OCH3 is 1. The molecule has 4 N–H and O–H groups in total. The molecule has 0 aliphatic rings. The van der Waals surface area contributed by atoms with Gasteiger partial charge >= 0.3 is 0 Å². The Morgan fingerprint density at radius 2 is 1.79 bits per heavy atom. The Balaban J connectivity index is 1.79. The molecular weight excluding hydrogens is 432 g/mol. The van der Waals surface area contributed by atoms with Gasteiger partial charge in [-0.15, -0.1) is 0 Å². The number of aromatic hydroxyl groups is 2. The Labute approximate surface area is 200 Å². The number of phenols is 2. The van der Waals surface area contributed by atoms with Gasteiger partial charge in [-0.2, -0.15) is 0 Å². The summed E-state index contributed by atoms with van der Waals surface area (Å²) in [5.41, 5.74) is 2.37. The molecule has 6 heteroatoms. The molecular formula is C28H34O6. The quantitative estimate of drug-likeness (QED) is 0.300. The van der Waals surface area contributed by atoms with Crippen molar-refractivity contribution >= 4 is 16.6 Å². The maximum atomic E-state index is 12.6. The summed E-state index contributed by atoms with van der Waals surface area (Å²) in [7, 11) is 1.49. The summed E-state index contributed by atoms with van der Waals surface area (Å²) in [4.78, 5) is 12.6. The molecule has 0 heterocycles. The number of rotatable bonds is 12. The maximum Gasteiger partial charge on any atom is 0.168 e. The number of hydrogen-bond donors (Lipinski definition) is 4. The van der Waals surface area contributed by atoms with Gasteiger partial charge in [0.1, 0.15) is 11.5 Å². The van der Waals surface area contributed by atoms with Crippen LogP contribution in [0.25, 0.3) is 21.9 Å². The molecule has 0 aliphatic carbocycles. The van der Waals surface area contributed by atoms with Crippen molar-refractivity contribution in [1.29, 1.82) is 0 Å². The second-order valence-corrected chi connectivity index (χ2v) is 9.00. The van der Waals surface area contributed by atoms with Crippen LogP contribution < -0.4 is 4.74 Å². The monoisotopic (exact) mass is 466 g/mol. The van der Waals surface area contributed by atoms with E-state index in [4.69, 9.17) is 9.84 Å². The lowest BCUT2D eigenvalue weighted by molar-refractivity contribution is -0.121. The van der Waals surface area contributed by atoms with Gasteiger partial charge in [-0.05, 0) is 77.8 Å².